The number of hydrogen-bond acceptors (Lipinski definition) is 2. The number of carbonyl (C=O) groups is 2. The lowest BCUT2D eigenvalue weighted by Crippen LogP contribution is -2.25. The molecule has 118 valence electrons. The Hall–Kier alpha value is -2.62. The molecule has 0 saturated carbocycles. The molecule has 0 aliphatic carbocycles. The molecule has 1 heterocycles. The number of hydrogen-bond donors (Lipinski definition) is 1. The summed E-state index contributed by atoms with van der Waals surface area (Å²) in [5, 5.41) is 2.92. The number of benzene rings is 2. The maximum Gasteiger partial charge on any atom is 0.255 e. The highest BCUT2D eigenvalue weighted by Crippen LogP contribution is 2.31. The summed E-state index contributed by atoms with van der Waals surface area (Å²) in [6.07, 6.45) is 0.861. The van der Waals surface area contributed by atoms with E-state index in [0.29, 0.717) is 17.8 Å². The fourth-order valence-corrected chi connectivity index (χ4v) is 2.87. The van der Waals surface area contributed by atoms with Crippen molar-refractivity contribution < 1.29 is 9.59 Å². The second-order valence-corrected chi connectivity index (χ2v) is 6.02. The summed E-state index contributed by atoms with van der Waals surface area (Å²) in [6, 6.07) is 11.4. The van der Waals surface area contributed by atoms with Crippen LogP contribution in [0.25, 0.3) is 0 Å². The molecule has 3 rings (SSSR count). The number of nitrogens with one attached hydrogen (secondary N) is 1. The van der Waals surface area contributed by atoms with Gasteiger partial charge in [0.15, 0.2) is 0 Å². The first-order valence-corrected chi connectivity index (χ1v) is 7.75. The molecule has 4 heteroatoms. The van der Waals surface area contributed by atoms with Crippen LogP contribution in [-0.4, -0.2) is 18.4 Å². The number of fused-ring (bicyclic) bond motifs is 1. The number of amides is 2. The molecule has 0 unspecified atom stereocenters. The standard InChI is InChI=1S/C19H20N2O2/c1-12-4-5-16(10-13(12)2)19(23)20-17-7-6-15-8-9-21(14(3)22)18(15)11-17/h4-7,10-11H,8-9H2,1-3H3,(H,20,23). The Morgan fingerprint density at radius 3 is 2.52 bits per heavy atom. The topological polar surface area (TPSA) is 49.4 Å². The molecule has 1 aliphatic heterocycles. The lowest BCUT2D eigenvalue weighted by Gasteiger charge is -2.16. The smallest absolute Gasteiger partial charge is 0.255 e. The molecule has 1 N–H and O–H groups in total. The normalized spacial score (nSPS) is 12.9. The molecule has 0 aromatic heterocycles. The fourth-order valence-electron chi connectivity index (χ4n) is 2.87. The molecule has 2 aromatic rings. The van der Waals surface area contributed by atoms with Crippen LogP contribution in [-0.2, 0) is 11.2 Å². The second kappa shape index (κ2) is 5.88. The van der Waals surface area contributed by atoms with Gasteiger partial charge in [-0.2, -0.15) is 0 Å². The van der Waals surface area contributed by atoms with Gasteiger partial charge < -0.3 is 10.2 Å². The molecule has 23 heavy (non-hydrogen) atoms. The van der Waals surface area contributed by atoms with Crippen molar-refractivity contribution in [2.24, 2.45) is 0 Å². The van der Waals surface area contributed by atoms with Crippen LogP contribution in [0.4, 0.5) is 11.4 Å². The fraction of sp³-hybridized carbons (Fsp3) is 0.263. The molecule has 0 atom stereocenters. The summed E-state index contributed by atoms with van der Waals surface area (Å²) >= 11 is 0. The van der Waals surface area contributed by atoms with Crippen molar-refractivity contribution in [2.45, 2.75) is 27.2 Å². The van der Waals surface area contributed by atoms with Crippen LogP contribution >= 0.6 is 0 Å². The lowest BCUT2D eigenvalue weighted by atomic mass is 10.1. The van der Waals surface area contributed by atoms with Crippen LogP contribution in [0.5, 0.6) is 0 Å². The van der Waals surface area contributed by atoms with Crippen LogP contribution in [0.3, 0.4) is 0 Å². The Labute approximate surface area is 136 Å². The molecular formula is C19H20N2O2. The molecule has 0 saturated heterocycles. The van der Waals surface area contributed by atoms with Gasteiger partial charge in [0.25, 0.3) is 5.91 Å². The van der Waals surface area contributed by atoms with E-state index in [1.54, 1.807) is 11.8 Å². The van der Waals surface area contributed by atoms with Gasteiger partial charge in [0.2, 0.25) is 5.91 Å². The van der Waals surface area contributed by atoms with E-state index in [9.17, 15) is 9.59 Å². The molecule has 1 aliphatic rings. The molecule has 0 spiro atoms. The van der Waals surface area contributed by atoms with Crippen LogP contribution < -0.4 is 10.2 Å². The monoisotopic (exact) mass is 308 g/mol. The molecular weight excluding hydrogens is 288 g/mol. The average Bonchev–Trinajstić information content (AvgIpc) is 2.93. The predicted molar refractivity (Wildman–Crippen MR) is 92.0 cm³/mol. The highest BCUT2D eigenvalue weighted by atomic mass is 16.2. The van der Waals surface area contributed by atoms with Crippen molar-refractivity contribution in [3.63, 3.8) is 0 Å². The lowest BCUT2D eigenvalue weighted by molar-refractivity contribution is -0.116. The SMILES string of the molecule is CC(=O)N1CCc2ccc(NC(=O)c3ccc(C)c(C)c3)cc21. The van der Waals surface area contributed by atoms with Crippen molar-refractivity contribution in [1.82, 2.24) is 0 Å². The van der Waals surface area contributed by atoms with E-state index in [0.717, 1.165) is 28.8 Å². The Bertz CT molecular complexity index is 796. The van der Waals surface area contributed by atoms with Gasteiger partial charge in [-0.3, -0.25) is 9.59 Å². The van der Waals surface area contributed by atoms with Gasteiger partial charge in [-0.25, -0.2) is 0 Å². The minimum Gasteiger partial charge on any atom is -0.322 e. The second-order valence-electron chi connectivity index (χ2n) is 6.02. The number of carbonyl (C=O) groups excluding carboxylic acids is 2. The van der Waals surface area contributed by atoms with Gasteiger partial charge >= 0.3 is 0 Å². The van der Waals surface area contributed by atoms with Gasteiger partial charge in [-0.05, 0) is 61.2 Å². The van der Waals surface area contributed by atoms with E-state index < -0.39 is 0 Å². The highest BCUT2D eigenvalue weighted by molar-refractivity contribution is 6.05. The molecule has 0 radical (unpaired) electrons. The number of rotatable bonds is 2. The van der Waals surface area contributed by atoms with Gasteiger partial charge in [-0.15, -0.1) is 0 Å². The molecule has 0 bridgehead atoms. The van der Waals surface area contributed by atoms with Gasteiger partial charge in [0.05, 0.1) is 0 Å². The van der Waals surface area contributed by atoms with Crippen molar-refractivity contribution in [3.05, 3.63) is 58.7 Å². The minimum absolute atomic E-state index is 0.0291. The molecule has 2 amide bonds. The maximum atomic E-state index is 12.4. The minimum atomic E-state index is -0.138. The van der Waals surface area contributed by atoms with Crippen LogP contribution in [0, 0.1) is 13.8 Å². The number of aryl methyl sites for hydroxylation is 2. The van der Waals surface area contributed by atoms with Gasteiger partial charge in [0.1, 0.15) is 0 Å². The number of anilines is 2. The average molecular weight is 308 g/mol. The van der Waals surface area contributed by atoms with E-state index in [1.165, 1.54) is 0 Å². The number of nitrogens with zero attached hydrogens (tertiary/aromatic N) is 1. The summed E-state index contributed by atoms with van der Waals surface area (Å²) in [4.78, 5) is 25.8. The van der Waals surface area contributed by atoms with Crippen molar-refractivity contribution >= 4 is 23.2 Å². The highest BCUT2D eigenvalue weighted by Gasteiger charge is 2.22. The third kappa shape index (κ3) is 2.97. The first-order valence-electron chi connectivity index (χ1n) is 7.75. The maximum absolute atomic E-state index is 12.4. The third-order valence-corrected chi connectivity index (χ3v) is 4.39. The van der Waals surface area contributed by atoms with E-state index in [4.69, 9.17) is 0 Å². The summed E-state index contributed by atoms with van der Waals surface area (Å²) in [5.41, 5.74) is 5.64. The third-order valence-electron chi connectivity index (χ3n) is 4.39. The van der Waals surface area contributed by atoms with E-state index >= 15 is 0 Å². The summed E-state index contributed by atoms with van der Waals surface area (Å²) in [7, 11) is 0. The zero-order valence-corrected chi connectivity index (χ0v) is 13.6. The van der Waals surface area contributed by atoms with Crippen LogP contribution in [0.15, 0.2) is 36.4 Å². The van der Waals surface area contributed by atoms with E-state index in [2.05, 4.69) is 5.32 Å². The van der Waals surface area contributed by atoms with Crippen molar-refractivity contribution in [1.29, 1.82) is 0 Å². The van der Waals surface area contributed by atoms with Crippen LogP contribution in [0.1, 0.15) is 34.0 Å². The molecule has 4 nitrogen and oxygen atoms in total. The Morgan fingerprint density at radius 2 is 1.83 bits per heavy atom. The summed E-state index contributed by atoms with van der Waals surface area (Å²) in [5.74, 6) is -0.109. The first kappa shape index (κ1) is 15.3. The van der Waals surface area contributed by atoms with Crippen molar-refractivity contribution in [2.75, 3.05) is 16.8 Å². The Balaban J connectivity index is 1.83. The van der Waals surface area contributed by atoms with E-state index in [-0.39, 0.29) is 11.8 Å². The Morgan fingerprint density at radius 1 is 1.04 bits per heavy atom. The summed E-state index contributed by atoms with van der Waals surface area (Å²) in [6.45, 7) is 6.29. The van der Waals surface area contributed by atoms with Crippen molar-refractivity contribution in [3.8, 4) is 0 Å². The largest absolute Gasteiger partial charge is 0.322 e. The van der Waals surface area contributed by atoms with E-state index in [1.807, 2.05) is 50.2 Å². The van der Waals surface area contributed by atoms with Crippen LogP contribution in [0.2, 0.25) is 0 Å². The predicted octanol–water partition coefficient (Wildman–Crippen LogP) is 3.46. The summed E-state index contributed by atoms with van der Waals surface area (Å²) < 4.78 is 0. The van der Waals surface area contributed by atoms with Gasteiger partial charge in [-0.1, -0.05) is 12.1 Å². The van der Waals surface area contributed by atoms with Gasteiger partial charge in [0, 0.05) is 30.4 Å². The quantitative estimate of drug-likeness (QED) is 0.923. The zero-order chi connectivity index (χ0) is 16.6. The zero-order valence-electron chi connectivity index (χ0n) is 13.6. The molecule has 2 aromatic carbocycles. The molecule has 0 fully saturated rings. The first-order chi connectivity index (χ1) is 11.0. The Kier molecular flexibility index (Phi) is 3.90.